The SMILES string of the molecule is Nc1cnc(Sc2nnnn2C2CC2)cc1C(=O)O. The summed E-state index contributed by atoms with van der Waals surface area (Å²) < 4.78 is 1.74. The zero-order valence-electron chi connectivity index (χ0n) is 9.72. The van der Waals surface area contributed by atoms with Gasteiger partial charge in [0.15, 0.2) is 0 Å². The van der Waals surface area contributed by atoms with Gasteiger partial charge < -0.3 is 10.8 Å². The van der Waals surface area contributed by atoms with Crippen molar-refractivity contribution in [3.05, 3.63) is 17.8 Å². The minimum Gasteiger partial charge on any atom is -0.478 e. The van der Waals surface area contributed by atoms with Crippen LogP contribution in [0.3, 0.4) is 0 Å². The van der Waals surface area contributed by atoms with Crippen LogP contribution in [0.4, 0.5) is 5.69 Å². The molecule has 0 saturated heterocycles. The van der Waals surface area contributed by atoms with Gasteiger partial charge in [-0.15, -0.1) is 5.10 Å². The normalized spacial score (nSPS) is 14.5. The molecule has 1 aliphatic carbocycles. The molecule has 0 unspecified atom stereocenters. The topological polar surface area (TPSA) is 120 Å². The predicted octanol–water partition coefficient (Wildman–Crippen LogP) is 0.835. The van der Waals surface area contributed by atoms with Gasteiger partial charge in [0.25, 0.3) is 0 Å². The molecule has 2 aromatic rings. The van der Waals surface area contributed by atoms with Crippen LogP contribution in [0.15, 0.2) is 22.4 Å². The number of anilines is 1. The Kier molecular flexibility index (Phi) is 2.82. The number of pyridine rings is 1. The lowest BCUT2D eigenvalue weighted by atomic mass is 10.2. The zero-order valence-corrected chi connectivity index (χ0v) is 10.5. The lowest BCUT2D eigenvalue weighted by molar-refractivity contribution is 0.0697. The number of carboxylic acid groups (broad SMARTS) is 1. The molecule has 0 aromatic carbocycles. The van der Waals surface area contributed by atoms with Gasteiger partial charge in [-0.05, 0) is 41.1 Å². The molecule has 1 saturated carbocycles. The summed E-state index contributed by atoms with van der Waals surface area (Å²) in [5.74, 6) is -1.08. The van der Waals surface area contributed by atoms with E-state index >= 15 is 0 Å². The van der Waals surface area contributed by atoms with E-state index in [1.165, 1.54) is 24.0 Å². The van der Waals surface area contributed by atoms with E-state index in [0.717, 1.165) is 12.8 Å². The average Bonchev–Trinajstić information content (AvgIpc) is 3.12. The van der Waals surface area contributed by atoms with Gasteiger partial charge in [0, 0.05) is 0 Å². The smallest absolute Gasteiger partial charge is 0.337 e. The quantitative estimate of drug-likeness (QED) is 0.843. The van der Waals surface area contributed by atoms with Crippen molar-refractivity contribution in [3.63, 3.8) is 0 Å². The van der Waals surface area contributed by atoms with Crippen molar-refractivity contribution >= 4 is 23.4 Å². The highest BCUT2D eigenvalue weighted by Gasteiger charge is 2.28. The monoisotopic (exact) mass is 278 g/mol. The second kappa shape index (κ2) is 4.50. The summed E-state index contributed by atoms with van der Waals surface area (Å²) in [6.07, 6.45) is 3.46. The number of nitrogen functional groups attached to an aromatic ring is 1. The number of hydrogen-bond donors (Lipinski definition) is 2. The molecule has 8 nitrogen and oxygen atoms in total. The molecule has 3 N–H and O–H groups in total. The Morgan fingerprint density at radius 1 is 1.53 bits per heavy atom. The first kappa shape index (κ1) is 11.9. The Labute approximate surface area is 112 Å². The number of rotatable bonds is 4. The van der Waals surface area contributed by atoms with Crippen molar-refractivity contribution in [1.82, 2.24) is 25.2 Å². The van der Waals surface area contributed by atoms with E-state index in [-0.39, 0.29) is 11.3 Å². The van der Waals surface area contributed by atoms with Crippen molar-refractivity contribution < 1.29 is 9.90 Å². The van der Waals surface area contributed by atoms with Gasteiger partial charge in [0.1, 0.15) is 5.03 Å². The van der Waals surface area contributed by atoms with Crippen molar-refractivity contribution in [3.8, 4) is 0 Å². The molecule has 9 heteroatoms. The molecule has 0 atom stereocenters. The average molecular weight is 278 g/mol. The highest BCUT2D eigenvalue weighted by Crippen LogP contribution is 2.37. The molecule has 98 valence electrons. The Morgan fingerprint density at radius 2 is 2.32 bits per heavy atom. The van der Waals surface area contributed by atoms with E-state index in [4.69, 9.17) is 10.8 Å². The predicted molar refractivity (Wildman–Crippen MR) is 65.8 cm³/mol. The first-order chi connectivity index (χ1) is 9.15. The summed E-state index contributed by atoms with van der Waals surface area (Å²) in [6.45, 7) is 0. The number of aromatic carboxylic acids is 1. The number of aromatic nitrogens is 5. The molecule has 0 radical (unpaired) electrons. The summed E-state index contributed by atoms with van der Waals surface area (Å²) in [7, 11) is 0. The van der Waals surface area contributed by atoms with Gasteiger partial charge in [0.05, 0.1) is 23.5 Å². The van der Waals surface area contributed by atoms with Crippen LogP contribution in [-0.4, -0.2) is 36.3 Å². The summed E-state index contributed by atoms with van der Waals surface area (Å²) in [5, 5.41) is 21.6. The second-order valence-corrected chi connectivity index (χ2v) is 5.14. The first-order valence-electron chi connectivity index (χ1n) is 5.59. The Morgan fingerprint density at radius 3 is 3.00 bits per heavy atom. The van der Waals surface area contributed by atoms with Crippen LogP contribution in [0.1, 0.15) is 29.2 Å². The van der Waals surface area contributed by atoms with Crippen LogP contribution in [-0.2, 0) is 0 Å². The third kappa shape index (κ3) is 2.36. The molecule has 1 aliphatic rings. The van der Waals surface area contributed by atoms with Gasteiger partial charge >= 0.3 is 5.97 Å². The lowest BCUT2D eigenvalue weighted by Crippen LogP contribution is -2.04. The van der Waals surface area contributed by atoms with Gasteiger partial charge in [0.2, 0.25) is 5.16 Å². The number of carbonyl (C=O) groups is 1. The largest absolute Gasteiger partial charge is 0.478 e. The number of carboxylic acids is 1. The highest BCUT2D eigenvalue weighted by molar-refractivity contribution is 7.99. The summed E-state index contributed by atoms with van der Waals surface area (Å²) in [6, 6.07) is 1.78. The fourth-order valence-electron chi connectivity index (χ4n) is 1.58. The van der Waals surface area contributed by atoms with Crippen LogP contribution in [0.2, 0.25) is 0 Å². The molecule has 19 heavy (non-hydrogen) atoms. The Bertz CT molecular complexity index is 639. The Hall–Kier alpha value is -2.16. The second-order valence-electron chi connectivity index (χ2n) is 4.15. The van der Waals surface area contributed by atoms with Crippen molar-refractivity contribution in [2.75, 3.05) is 5.73 Å². The van der Waals surface area contributed by atoms with Crippen LogP contribution < -0.4 is 5.73 Å². The Balaban J connectivity index is 1.88. The van der Waals surface area contributed by atoms with Gasteiger partial charge in [-0.3, -0.25) is 0 Å². The number of hydrogen-bond acceptors (Lipinski definition) is 7. The third-order valence-corrected chi connectivity index (χ3v) is 3.58. The van der Waals surface area contributed by atoms with Crippen molar-refractivity contribution in [2.45, 2.75) is 29.1 Å². The highest BCUT2D eigenvalue weighted by atomic mass is 32.2. The number of nitrogens with two attached hydrogens (primary N) is 1. The van der Waals surface area contributed by atoms with Crippen LogP contribution in [0.25, 0.3) is 0 Å². The fourth-order valence-corrected chi connectivity index (χ4v) is 2.41. The molecule has 1 fully saturated rings. The molecule has 3 rings (SSSR count). The molecule has 0 aliphatic heterocycles. The molecule has 0 spiro atoms. The number of tetrazole rings is 1. The van der Waals surface area contributed by atoms with Crippen molar-refractivity contribution in [1.29, 1.82) is 0 Å². The maximum Gasteiger partial charge on any atom is 0.337 e. The number of nitrogens with zero attached hydrogens (tertiary/aromatic N) is 5. The van der Waals surface area contributed by atoms with Crippen LogP contribution in [0, 0.1) is 0 Å². The summed E-state index contributed by atoms with van der Waals surface area (Å²) in [4.78, 5) is 15.1. The molecule has 2 heterocycles. The van der Waals surface area contributed by atoms with Crippen LogP contribution >= 0.6 is 11.8 Å². The summed E-state index contributed by atoms with van der Waals surface area (Å²) >= 11 is 1.23. The van der Waals surface area contributed by atoms with Gasteiger partial charge in [-0.2, -0.15) is 0 Å². The minimum atomic E-state index is -1.08. The third-order valence-electron chi connectivity index (χ3n) is 2.69. The van der Waals surface area contributed by atoms with Gasteiger partial charge in [-0.25, -0.2) is 14.5 Å². The van der Waals surface area contributed by atoms with E-state index in [1.54, 1.807) is 4.68 Å². The summed E-state index contributed by atoms with van der Waals surface area (Å²) in [5.41, 5.74) is 5.72. The standard InChI is InChI=1S/C10H10N6O2S/c11-7-4-12-8(3-6(7)9(17)18)19-10-13-14-15-16(10)5-1-2-5/h3-5H,1-2,11H2,(H,17,18). The molecule has 0 amide bonds. The van der Waals surface area contributed by atoms with E-state index in [0.29, 0.717) is 16.2 Å². The maximum atomic E-state index is 11.0. The zero-order chi connectivity index (χ0) is 13.4. The van der Waals surface area contributed by atoms with E-state index in [1.807, 2.05) is 0 Å². The molecule has 0 bridgehead atoms. The molecule has 2 aromatic heterocycles. The van der Waals surface area contributed by atoms with E-state index < -0.39 is 5.97 Å². The van der Waals surface area contributed by atoms with E-state index in [2.05, 4.69) is 20.5 Å². The van der Waals surface area contributed by atoms with Gasteiger partial charge in [-0.1, -0.05) is 0 Å². The lowest BCUT2D eigenvalue weighted by Gasteiger charge is -2.04. The molecular weight excluding hydrogens is 268 g/mol. The fraction of sp³-hybridized carbons (Fsp3) is 0.300. The van der Waals surface area contributed by atoms with E-state index in [9.17, 15) is 4.79 Å². The van der Waals surface area contributed by atoms with Crippen LogP contribution in [0.5, 0.6) is 0 Å². The first-order valence-corrected chi connectivity index (χ1v) is 6.41. The minimum absolute atomic E-state index is 0.0305. The molecular formula is C10H10N6O2S. The van der Waals surface area contributed by atoms with Crippen molar-refractivity contribution in [2.24, 2.45) is 0 Å². The maximum absolute atomic E-state index is 11.0.